The summed E-state index contributed by atoms with van der Waals surface area (Å²) in [5, 5.41) is 19.0. The van der Waals surface area contributed by atoms with Crippen LogP contribution in [0.2, 0.25) is 0 Å². The molecule has 3 unspecified atom stereocenters. The standard InChI is InChI=1S/C50H64F3N11O9S/c1-30-10-9-14-62(23-30)24-34-18-36-37(38(19-34)50(51,52)53)25-64(48(36)71)39-20-35(49(26-73-27-49)22-40-60-55-28-61(40)5)21-42(59-39)74-17-16-72-29-54-45(68)31(2)57-47(70)33(4)58-46(69)32(3)56-41(65)11-7-6-8-15-63-43(66)12-13-44(63)67/h12-13,18-21,28,30-33H,6-11,14-17,22-27,29H2,1-5H3,(H,54,68)(H,56,65)(H,57,70)(H,58,69)/t30-,31?,32?,33?/m0/s1. The molecular weight excluding hydrogens is 988 g/mol. The number of amides is 7. The lowest BCUT2D eigenvalue weighted by molar-refractivity contribution is -0.138. The van der Waals surface area contributed by atoms with Crippen molar-refractivity contribution in [2.24, 2.45) is 13.0 Å². The van der Waals surface area contributed by atoms with Crippen molar-refractivity contribution < 1.29 is 56.2 Å². The normalized spacial score (nSPS) is 18.7. The Morgan fingerprint density at radius 3 is 2.28 bits per heavy atom. The molecule has 0 saturated carbocycles. The van der Waals surface area contributed by atoms with E-state index in [1.54, 1.807) is 23.0 Å². The molecule has 0 aliphatic carbocycles. The zero-order valence-corrected chi connectivity index (χ0v) is 43.0. The van der Waals surface area contributed by atoms with Gasteiger partial charge in [0, 0.05) is 68.4 Å². The number of rotatable bonds is 24. The molecule has 7 rings (SSSR count). The Hall–Kier alpha value is -6.24. The van der Waals surface area contributed by atoms with Crippen molar-refractivity contribution in [3.05, 3.63) is 76.4 Å². The summed E-state index contributed by atoms with van der Waals surface area (Å²) >= 11 is 1.30. The van der Waals surface area contributed by atoms with Crippen LogP contribution in [0.15, 0.2) is 47.8 Å². The average molecular weight is 1050 g/mol. The molecule has 6 heterocycles. The van der Waals surface area contributed by atoms with E-state index in [4.69, 9.17) is 14.5 Å². The van der Waals surface area contributed by atoms with Crippen LogP contribution in [0, 0.1) is 5.92 Å². The Kier molecular flexibility index (Phi) is 18.3. The molecule has 400 valence electrons. The molecule has 74 heavy (non-hydrogen) atoms. The molecule has 0 bridgehead atoms. The largest absolute Gasteiger partial charge is 0.416 e. The van der Waals surface area contributed by atoms with Gasteiger partial charge in [0.1, 0.15) is 42.8 Å². The number of aryl methyl sites for hydroxylation is 1. The highest BCUT2D eigenvalue weighted by Gasteiger charge is 2.45. The minimum absolute atomic E-state index is 0.00841. The van der Waals surface area contributed by atoms with Gasteiger partial charge >= 0.3 is 6.18 Å². The highest BCUT2D eigenvalue weighted by molar-refractivity contribution is 7.99. The van der Waals surface area contributed by atoms with Crippen LogP contribution in [0.3, 0.4) is 0 Å². The predicted octanol–water partition coefficient (Wildman–Crippen LogP) is 3.31. The summed E-state index contributed by atoms with van der Waals surface area (Å²) in [6, 6.07) is 3.37. The fourth-order valence-electron chi connectivity index (χ4n) is 9.31. The molecule has 0 spiro atoms. The van der Waals surface area contributed by atoms with Gasteiger partial charge in [0.2, 0.25) is 23.6 Å². The lowest BCUT2D eigenvalue weighted by atomic mass is 9.76. The lowest BCUT2D eigenvalue weighted by Crippen LogP contribution is -2.54. The molecule has 4 aliphatic rings. The number of likely N-dealkylation sites (tertiary alicyclic amines) is 1. The number of benzene rings is 1. The first-order chi connectivity index (χ1) is 35.2. The number of ether oxygens (including phenoxy) is 2. The van der Waals surface area contributed by atoms with E-state index in [2.05, 4.69) is 43.3 Å². The van der Waals surface area contributed by atoms with Crippen LogP contribution >= 0.6 is 11.8 Å². The number of alkyl halides is 3. The third-order valence-corrected chi connectivity index (χ3v) is 14.5. The van der Waals surface area contributed by atoms with E-state index in [1.807, 2.05) is 13.1 Å². The van der Waals surface area contributed by atoms with Crippen molar-refractivity contribution in [1.29, 1.82) is 0 Å². The van der Waals surface area contributed by atoms with E-state index in [-0.39, 0.29) is 67.5 Å². The van der Waals surface area contributed by atoms with Gasteiger partial charge in [0.15, 0.2) is 0 Å². The Morgan fingerprint density at radius 1 is 0.932 bits per heavy atom. The molecule has 1 aromatic carbocycles. The third-order valence-electron chi connectivity index (χ3n) is 13.6. The number of hydrogen-bond donors (Lipinski definition) is 4. The van der Waals surface area contributed by atoms with E-state index in [9.17, 15) is 46.7 Å². The number of fused-ring (bicyclic) bond motifs is 1. The first-order valence-corrected chi connectivity index (χ1v) is 25.8. The van der Waals surface area contributed by atoms with Gasteiger partial charge < -0.3 is 35.3 Å². The molecule has 4 N–H and O–H groups in total. The van der Waals surface area contributed by atoms with Gasteiger partial charge in [-0.3, -0.25) is 48.3 Å². The molecule has 20 nitrogen and oxygen atoms in total. The molecular formula is C50H64F3N11O9S. The number of unbranched alkanes of at least 4 members (excludes halogenated alkanes) is 2. The number of carbonyl (C=O) groups excluding carboxylic acids is 7. The van der Waals surface area contributed by atoms with E-state index in [0.29, 0.717) is 73.5 Å². The summed E-state index contributed by atoms with van der Waals surface area (Å²) in [6.07, 6.45) is 3.50. The minimum Gasteiger partial charge on any atom is -0.379 e. The smallest absolute Gasteiger partial charge is 0.379 e. The monoisotopic (exact) mass is 1050 g/mol. The number of pyridine rings is 1. The van der Waals surface area contributed by atoms with Crippen molar-refractivity contribution in [1.82, 2.24) is 50.8 Å². The quantitative estimate of drug-likeness (QED) is 0.0436. The maximum atomic E-state index is 14.8. The molecule has 7 amide bonds. The van der Waals surface area contributed by atoms with Crippen LogP contribution in [-0.2, 0) is 76.4 Å². The molecule has 2 aromatic heterocycles. The maximum Gasteiger partial charge on any atom is 0.416 e. The van der Waals surface area contributed by atoms with Gasteiger partial charge in [-0.05, 0) is 99.9 Å². The van der Waals surface area contributed by atoms with Crippen molar-refractivity contribution >= 4 is 58.9 Å². The highest BCUT2D eigenvalue weighted by Crippen LogP contribution is 2.42. The third kappa shape index (κ3) is 13.9. The number of nitrogens with zero attached hydrogens (tertiary/aromatic N) is 7. The van der Waals surface area contributed by atoms with Gasteiger partial charge in [-0.25, -0.2) is 4.98 Å². The number of imide groups is 1. The van der Waals surface area contributed by atoms with Crippen LogP contribution in [0.1, 0.15) is 105 Å². The van der Waals surface area contributed by atoms with Crippen molar-refractivity contribution in [3.8, 4) is 0 Å². The van der Waals surface area contributed by atoms with Gasteiger partial charge in [-0.15, -0.1) is 22.0 Å². The van der Waals surface area contributed by atoms with E-state index in [0.717, 1.165) is 36.4 Å². The second kappa shape index (κ2) is 24.4. The van der Waals surface area contributed by atoms with Gasteiger partial charge in [-0.2, -0.15) is 13.2 Å². The molecule has 2 saturated heterocycles. The van der Waals surface area contributed by atoms with Crippen LogP contribution in [0.4, 0.5) is 19.0 Å². The Labute approximate surface area is 431 Å². The fraction of sp³-hybridized carbons (Fsp3) is 0.560. The van der Waals surface area contributed by atoms with Crippen molar-refractivity contribution in [3.63, 3.8) is 0 Å². The first-order valence-electron chi connectivity index (χ1n) is 24.8. The zero-order valence-electron chi connectivity index (χ0n) is 42.2. The van der Waals surface area contributed by atoms with Crippen molar-refractivity contribution in [2.45, 2.75) is 120 Å². The average Bonchev–Trinajstić information content (AvgIpc) is 4.01. The molecule has 2 fully saturated rings. The predicted molar refractivity (Wildman–Crippen MR) is 264 cm³/mol. The number of anilines is 1. The molecule has 3 aromatic rings. The van der Waals surface area contributed by atoms with Crippen LogP contribution in [-0.4, -0.2) is 141 Å². The lowest BCUT2D eigenvalue weighted by Gasteiger charge is -2.42. The van der Waals surface area contributed by atoms with Gasteiger partial charge in [0.05, 0.1) is 37.0 Å². The molecule has 4 atom stereocenters. The molecule has 0 radical (unpaired) electrons. The van der Waals surface area contributed by atoms with Crippen molar-refractivity contribution in [2.75, 3.05) is 56.8 Å². The van der Waals surface area contributed by atoms with Crippen LogP contribution < -0.4 is 26.2 Å². The second-order valence-corrected chi connectivity index (χ2v) is 20.7. The number of halogens is 3. The van der Waals surface area contributed by atoms with Crippen LogP contribution in [0.25, 0.3) is 0 Å². The Morgan fingerprint density at radius 2 is 1.64 bits per heavy atom. The topological polar surface area (TPSA) is 239 Å². The number of nitrogens with one attached hydrogen (secondary N) is 4. The maximum absolute atomic E-state index is 14.8. The van der Waals surface area contributed by atoms with E-state index >= 15 is 0 Å². The van der Waals surface area contributed by atoms with Gasteiger partial charge in [-0.1, -0.05) is 13.3 Å². The number of carbonyl (C=O) groups is 7. The summed E-state index contributed by atoms with van der Waals surface area (Å²) in [6.45, 7) is 8.84. The number of thioether (sulfide) groups is 1. The van der Waals surface area contributed by atoms with E-state index < -0.39 is 58.9 Å². The van der Waals surface area contributed by atoms with E-state index in [1.165, 1.54) is 55.7 Å². The SMILES string of the molecule is CC(NC(=O)CCCCCN1C(=O)C=CC1=O)C(=O)NC(C)C(=O)NC(C)C(=O)NCOCCSc1cc(C2(Cc3nncn3C)COC2)cc(N2Cc3c(cc(CN4CCC[C@H](C)C4)cc3C(F)(F)F)C2=O)n1. The zero-order chi connectivity index (χ0) is 53.3. The Balaban J connectivity index is 0.900. The fourth-order valence-corrected chi connectivity index (χ4v) is 10.1. The van der Waals surface area contributed by atoms with Crippen LogP contribution in [0.5, 0.6) is 0 Å². The minimum atomic E-state index is -4.69. The summed E-state index contributed by atoms with van der Waals surface area (Å²) in [5.41, 5.74) is -0.296. The second-order valence-electron chi connectivity index (χ2n) is 19.6. The number of hydrogen-bond acceptors (Lipinski definition) is 14. The summed E-state index contributed by atoms with van der Waals surface area (Å²) in [7, 11) is 1.83. The molecule has 4 aliphatic heterocycles. The summed E-state index contributed by atoms with van der Waals surface area (Å²) in [5.74, 6) is -1.84. The summed E-state index contributed by atoms with van der Waals surface area (Å²) in [4.78, 5) is 97.9. The van der Waals surface area contributed by atoms with Gasteiger partial charge in [0.25, 0.3) is 17.7 Å². The number of aromatic nitrogens is 4. The first kappa shape index (κ1) is 55.5. The molecule has 24 heteroatoms. The summed E-state index contributed by atoms with van der Waals surface area (Å²) < 4.78 is 57.5. The Bertz CT molecular complexity index is 2610. The number of piperidine rings is 1. The highest BCUT2D eigenvalue weighted by atomic mass is 32.2.